The molecule has 150 valence electrons. The van der Waals surface area contributed by atoms with E-state index in [2.05, 4.69) is 22.1 Å². The van der Waals surface area contributed by atoms with Gasteiger partial charge in [0.05, 0.1) is 11.1 Å². The largest absolute Gasteiger partial charge is 0.484 e. The molecule has 0 bridgehead atoms. The zero-order valence-corrected chi connectivity index (χ0v) is 16.0. The fourth-order valence-electron chi connectivity index (χ4n) is 2.44. The zero-order chi connectivity index (χ0) is 19.9. The van der Waals surface area contributed by atoms with Crippen LogP contribution in [-0.4, -0.2) is 28.8 Å². The summed E-state index contributed by atoms with van der Waals surface area (Å²) in [4.78, 5) is 11.8. The Morgan fingerprint density at radius 2 is 2.14 bits per heavy atom. The number of carbonyl (C=O) groups excluding carboxylic acids is 1. The average Bonchev–Trinajstić information content (AvgIpc) is 3.07. The van der Waals surface area contributed by atoms with E-state index in [9.17, 15) is 9.18 Å². The van der Waals surface area contributed by atoms with E-state index in [1.165, 1.54) is 12.1 Å². The van der Waals surface area contributed by atoms with Gasteiger partial charge in [-0.25, -0.2) is 4.39 Å². The monoisotopic (exact) mass is 409 g/mol. The topological polar surface area (TPSA) is 86.5 Å². The maximum Gasteiger partial charge on any atom is 0.253 e. The Kier molecular flexibility index (Phi) is 7.00. The van der Waals surface area contributed by atoms with Crippen molar-refractivity contribution in [1.82, 2.24) is 15.5 Å². The molecule has 1 aromatic carbocycles. The highest BCUT2D eigenvalue weighted by Crippen LogP contribution is 2.22. The maximum absolute atomic E-state index is 13.4. The average molecular weight is 410 g/mol. The van der Waals surface area contributed by atoms with Crippen LogP contribution in [0.4, 0.5) is 4.39 Å². The third-order valence-corrected chi connectivity index (χ3v) is 4.53. The number of aryl methyl sites for hydroxylation is 1. The molecule has 2 aromatic rings. The molecule has 28 heavy (non-hydrogen) atoms. The predicted octanol–water partition coefficient (Wildman–Crippen LogP) is 3.57. The minimum absolute atomic E-state index is 0.00423. The van der Waals surface area contributed by atoms with Gasteiger partial charge in [0.15, 0.2) is 6.61 Å². The normalized spacial score (nSPS) is 13.8. The lowest BCUT2D eigenvalue weighted by atomic mass is 9.96. The first-order chi connectivity index (χ1) is 13.5. The minimum Gasteiger partial charge on any atom is -0.484 e. The van der Waals surface area contributed by atoms with Crippen molar-refractivity contribution in [3.8, 4) is 5.75 Å². The van der Waals surface area contributed by atoms with Crippen LogP contribution in [0.3, 0.4) is 0 Å². The molecule has 0 aliphatic heterocycles. The van der Waals surface area contributed by atoms with Crippen LogP contribution in [0.5, 0.6) is 5.75 Å². The fraction of sp³-hybridized carbons (Fsp3) is 0.421. The molecule has 1 fully saturated rings. The van der Waals surface area contributed by atoms with Gasteiger partial charge < -0.3 is 19.2 Å². The molecule has 0 atom stereocenters. The number of halogens is 2. The molecule has 1 aliphatic carbocycles. The third-order valence-electron chi connectivity index (χ3n) is 4.22. The second-order valence-electron chi connectivity index (χ2n) is 6.47. The predicted molar refractivity (Wildman–Crippen MR) is 99.2 cm³/mol. The van der Waals surface area contributed by atoms with Gasteiger partial charge in [0.1, 0.15) is 18.2 Å². The van der Waals surface area contributed by atoms with Gasteiger partial charge in [-0.3, -0.25) is 4.79 Å². The SMILES string of the molecule is C=C(CCc1nnc(COc2ccc(Cl)c(F)c2)o1)NC(=O)COC1CCC1. The van der Waals surface area contributed by atoms with Crippen LogP contribution in [0.25, 0.3) is 0 Å². The summed E-state index contributed by atoms with van der Waals surface area (Å²) in [6, 6.07) is 4.13. The fourth-order valence-corrected chi connectivity index (χ4v) is 2.56. The Hall–Kier alpha value is -2.45. The van der Waals surface area contributed by atoms with E-state index in [0.29, 0.717) is 30.2 Å². The quantitative estimate of drug-likeness (QED) is 0.645. The third kappa shape index (κ3) is 6.03. The summed E-state index contributed by atoms with van der Waals surface area (Å²) in [6.45, 7) is 3.86. The van der Waals surface area contributed by atoms with Crippen LogP contribution >= 0.6 is 11.6 Å². The highest BCUT2D eigenvalue weighted by atomic mass is 35.5. The van der Waals surface area contributed by atoms with Gasteiger partial charge in [-0.1, -0.05) is 18.2 Å². The second-order valence-corrected chi connectivity index (χ2v) is 6.88. The highest BCUT2D eigenvalue weighted by Gasteiger charge is 2.19. The van der Waals surface area contributed by atoms with Gasteiger partial charge in [0.2, 0.25) is 11.8 Å². The Bertz CT molecular complexity index is 838. The van der Waals surface area contributed by atoms with Crippen molar-refractivity contribution < 1.29 is 23.1 Å². The molecule has 3 rings (SSSR count). The van der Waals surface area contributed by atoms with Crippen LogP contribution in [0.15, 0.2) is 34.9 Å². The lowest BCUT2D eigenvalue weighted by Gasteiger charge is -2.25. The van der Waals surface area contributed by atoms with Crippen LogP contribution in [0.1, 0.15) is 37.5 Å². The molecule has 9 heteroatoms. The van der Waals surface area contributed by atoms with E-state index in [0.717, 1.165) is 19.3 Å². The molecule has 0 unspecified atom stereocenters. The van der Waals surface area contributed by atoms with E-state index < -0.39 is 5.82 Å². The summed E-state index contributed by atoms with van der Waals surface area (Å²) < 4.78 is 29.7. The molecular weight excluding hydrogens is 389 g/mol. The van der Waals surface area contributed by atoms with E-state index >= 15 is 0 Å². The van der Waals surface area contributed by atoms with Gasteiger partial charge in [-0.15, -0.1) is 10.2 Å². The first kappa shape index (κ1) is 20.3. The van der Waals surface area contributed by atoms with Crippen LogP contribution in [0.2, 0.25) is 5.02 Å². The van der Waals surface area contributed by atoms with Crippen molar-refractivity contribution in [3.05, 3.63) is 53.1 Å². The maximum atomic E-state index is 13.4. The standard InChI is InChI=1S/C19H21ClFN3O4/c1-12(22-17(25)10-26-13-3-2-4-13)5-8-18-23-24-19(28-18)11-27-14-6-7-15(20)16(21)9-14/h6-7,9,13H,1-5,8,10-11H2,(H,22,25). The number of hydrogen-bond donors (Lipinski definition) is 1. The molecule has 1 saturated carbocycles. The number of carbonyl (C=O) groups is 1. The van der Waals surface area contributed by atoms with Gasteiger partial charge in [-0.2, -0.15) is 0 Å². The van der Waals surface area contributed by atoms with Crippen molar-refractivity contribution in [3.63, 3.8) is 0 Å². The molecule has 0 spiro atoms. The molecule has 1 heterocycles. The Balaban J connectivity index is 1.37. The van der Waals surface area contributed by atoms with Crippen molar-refractivity contribution >= 4 is 17.5 Å². The minimum atomic E-state index is -0.566. The number of aromatic nitrogens is 2. The Morgan fingerprint density at radius 1 is 1.36 bits per heavy atom. The van der Waals surface area contributed by atoms with Crippen LogP contribution in [0, 0.1) is 5.82 Å². The smallest absolute Gasteiger partial charge is 0.253 e. The Labute approximate surface area is 166 Å². The molecule has 1 aliphatic rings. The molecule has 1 amide bonds. The van der Waals surface area contributed by atoms with E-state index in [1.54, 1.807) is 6.07 Å². The van der Waals surface area contributed by atoms with E-state index in [-0.39, 0.29) is 36.1 Å². The summed E-state index contributed by atoms with van der Waals surface area (Å²) in [7, 11) is 0. The summed E-state index contributed by atoms with van der Waals surface area (Å²) in [5.74, 6) is 0.175. The van der Waals surface area contributed by atoms with Gasteiger partial charge >= 0.3 is 0 Å². The number of nitrogens with zero attached hydrogens (tertiary/aromatic N) is 2. The molecular formula is C19H21ClFN3O4. The molecule has 0 radical (unpaired) electrons. The summed E-state index contributed by atoms with van der Waals surface area (Å²) in [6.07, 6.45) is 4.29. The van der Waals surface area contributed by atoms with Crippen molar-refractivity contribution in [2.75, 3.05) is 6.61 Å². The molecule has 1 N–H and O–H groups in total. The number of allylic oxidation sites excluding steroid dienone is 1. The number of rotatable bonds is 10. The summed E-state index contributed by atoms with van der Waals surface area (Å²) >= 11 is 5.62. The van der Waals surface area contributed by atoms with Crippen molar-refractivity contribution in [2.45, 2.75) is 44.8 Å². The van der Waals surface area contributed by atoms with Crippen molar-refractivity contribution in [1.29, 1.82) is 0 Å². The molecule has 7 nitrogen and oxygen atoms in total. The number of hydrogen-bond acceptors (Lipinski definition) is 6. The van der Waals surface area contributed by atoms with Crippen LogP contribution < -0.4 is 10.1 Å². The van der Waals surface area contributed by atoms with Gasteiger partial charge in [0.25, 0.3) is 5.89 Å². The zero-order valence-electron chi connectivity index (χ0n) is 15.2. The molecule has 1 aromatic heterocycles. The summed E-state index contributed by atoms with van der Waals surface area (Å²) in [5.41, 5.74) is 0.551. The van der Waals surface area contributed by atoms with E-state index in [4.69, 9.17) is 25.5 Å². The van der Waals surface area contributed by atoms with E-state index in [1.807, 2.05) is 0 Å². The van der Waals surface area contributed by atoms with Gasteiger partial charge in [-0.05, 0) is 37.8 Å². The number of nitrogens with one attached hydrogen (secondary N) is 1. The van der Waals surface area contributed by atoms with Gasteiger partial charge in [0, 0.05) is 18.2 Å². The highest BCUT2D eigenvalue weighted by molar-refractivity contribution is 6.30. The first-order valence-corrected chi connectivity index (χ1v) is 9.35. The van der Waals surface area contributed by atoms with Crippen molar-refractivity contribution in [2.24, 2.45) is 0 Å². The summed E-state index contributed by atoms with van der Waals surface area (Å²) in [5, 5.41) is 10.5. The number of ether oxygens (including phenoxy) is 2. The Morgan fingerprint density at radius 3 is 2.86 bits per heavy atom. The lowest BCUT2D eigenvalue weighted by molar-refractivity contribution is -0.128. The number of benzene rings is 1. The van der Waals surface area contributed by atoms with Crippen LogP contribution in [-0.2, 0) is 22.6 Å². The lowest BCUT2D eigenvalue weighted by Crippen LogP contribution is -2.31. The second kappa shape index (κ2) is 9.66. The first-order valence-electron chi connectivity index (χ1n) is 8.98. The number of amides is 1. The molecule has 0 saturated heterocycles.